The van der Waals surface area contributed by atoms with Crippen LogP contribution in [0.5, 0.6) is 0 Å². The van der Waals surface area contributed by atoms with Crippen LogP contribution in [0.4, 0.5) is 14.5 Å². The second kappa shape index (κ2) is 8.53. The molecule has 0 unspecified atom stereocenters. The Bertz CT molecular complexity index is 786. The lowest BCUT2D eigenvalue weighted by Crippen LogP contribution is -2.17. The molecule has 1 aromatic heterocycles. The average Bonchev–Trinajstić information content (AvgIpc) is 2.91. The van der Waals surface area contributed by atoms with Gasteiger partial charge in [-0.3, -0.25) is 9.48 Å². The van der Waals surface area contributed by atoms with Gasteiger partial charge in [0, 0.05) is 10.4 Å². The fourth-order valence-corrected chi connectivity index (χ4v) is 2.95. The number of ether oxygens (including phenoxy) is 1. The van der Waals surface area contributed by atoms with Gasteiger partial charge >= 0.3 is 0 Å². The van der Waals surface area contributed by atoms with Gasteiger partial charge in [0.25, 0.3) is 12.9 Å². The zero-order valence-corrected chi connectivity index (χ0v) is 15.8. The number of aliphatic imine (C=N–C) groups is 1. The molecule has 0 aliphatic carbocycles. The van der Waals surface area contributed by atoms with Crippen LogP contribution in [-0.2, 0) is 21.4 Å². The van der Waals surface area contributed by atoms with Crippen molar-refractivity contribution < 1.29 is 18.3 Å². The van der Waals surface area contributed by atoms with Gasteiger partial charge in [-0.1, -0.05) is 27.5 Å². The maximum Gasteiger partial charge on any atom is 0.299 e. The van der Waals surface area contributed by atoms with E-state index >= 15 is 0 Å². The van der Waals surface area contributed by atoms with E-state index in [0.717, 1.165) is 15.8 Å². The number of nitrogens with zero attached hydrogens (tertiary/aromatic N) is 3. The van der Waals surface area contributed by atoms with Crippen molar-refractivity contribution in [2.45, 2.75) is 32.1 Å². The highest BCUT2D eigenvalue weighted by Crippen LogP contribution is 2.28. The van der Waals surface area contributed by atoms with Crippen LogP contribution in [0.2, 0.25) is 5.02 Å². The molecule has 134 valence electrons. The normalized spacial score (nSPS) is 11.9. The van der Waals surface area contributed by atoms with E-state index in [1.165, 1.54) is 0 Å². The van der Waals surface area contributed by atoms with Gasteiger partial charge in [0.1, 0.15) is 12.2 Å². The van der Waals surface area contributed by atoms with Crippen molar-refractivity contribution in [1.29, 1.82) is 0 Å². The Labute approximate surface area is 156 Å². The number of alkyl halides is 3. The van der Waals surface area contributed by atoms with Crippen molar-refractivity contribution in [3.05, 3.63) is 45.7 Å². The fourth-order valence-electron chi connectivity index (χ4n) is 2.35. The summed E-state index contributed by atoms with van der Waals surface area (Å²) in [4.78, 5) is 15.3. The smallest absolute Gasteiger partial charge is 0.299 e. The standard InChI is InChI=1S/C16H15BrClF2N3O2/c1-9-3-11(18)4-10(2)15(9)21-16(25-8-24)13-5-12(6-17)22-23(13)7-14(19)20/h3-5,8,14H,6-7H2,1-2H3. The summed E-state index contributed by atoms with van der Waals surface area (Å²) < 4.78 is 31.7. The number of halogens is 4. The van der Waals surface area contributed by atoms with Crippen LogP contribution in [0.15, 0.2) is 23.2 Å². The van der Waals surface area contributed by atoms with E-state index in [1.54, 1.807) is 32.0 Å². The monoisotopic (exact) mass is 433 g/mol. The lowest BCUT2D eigenvalue weighted by Gasteiger charge is -2.10. The van der Waals surface area contributed by atoms with Crippen molar-refractivity contribution in [1.82, 2.24) is 9.78 Å². The molecule has 5 nitrogen and oxygen atoms in total. The third kappa shape index (κ3) is 4.85. The van der Waals surface area contributed by atoms with Crippen molar-refractivity contribution in [3.63, 3.8) is 0 Å². The predicted molar refractivity (Wildman–Crippen MR) is 95.1 cm³/mol. The average molecular weight is 435 g/mol. The molecule has 0 amide bonds. The van der Waals surface area contributed by atoms with Gasteiger partial charge < -0.3 is 4.74 Å². The largest absolute Gasteiger partial charge is 0.407 e. The minimum atomic E-state index is -2.61. The molecule has 0 saturated heterocycles. The van der Waals surface area contributed by atoms with Crippen LogP contribution >= 0.6 is 27.5 Å². The molecule has 9 heteroatoms. The minimum absolute atomic E-state index is 0.108. The van der Waals surface area contributed by atoms with Crippen LogP contribution in [0.3, 0.4) is 0 Å². The van der Waals surface area contributed by atoms with Crippen molar-refractivity contribution in [3.8, 4) is 0 Å². The molecule has 0 N–H and O–H groups in total. The highest BCUT2D eigenvalue weighted by atomic mass is 79.9. The summed E-state index contributed by atoms with van der Waals surface area (Å²) in [6.07, 6.45) is -2.61. The quantitative estimate of drug-likeness (QED) is 0.290. The summed E-state index contributed by atoms with van der Waals surface area (Å²) in [6.45, 7) is 3.17. The summed E-state index contributed by atoms with van der Waals surface area (Å²) in [7, 11) is 0. The number of aromatic nitrogens is 2. The number of hydrogen-bond acceptors (Lipinski definition) is 4. The summed E-state index contributed by atoms with van der Waals surface area (Å²) in [5, 5.41) is 4.98. The topological polar surface area (TPSA) is 56.5 Å². The fraction of sp³-hybridized carbons (Fsp3) is 0.312. The Balaban J connectivity index is 2.59. The van der Waals surface area contributed by atoms with Crippen LogP contribution in [0.1, 0.15) is 22.5 Å². The van der Waals surface area contributed by atoms with E-state index in [4.69, 9.17) is 16.3 Å². The Morgan fingerprint density at radius 2 is 2.04 bits per heavy atom. The summed E-state index contributed by atoms with van der Waals surface area (Å²) in [6, 6.07) is 4.97. The van der Waals surface area contributed by atoms with Crippen molar-refractivity contribution in [2.24, 2.45) is 4.99 Å². The number of hydrogen-bond donors (Lipinski definition) is 0. The number of carbonyl (C=O) groups is 1. The molecule has 0 fully saturated rings. The van der Waals surface area contributed by atoms with Crippen LogP contribution in [0.25, 0.3) is 0 Å². The SMILES string of the molecule is Cc1cc(Cl)cc(C)c1N=C(OC=O)c1cc(CBr)nn1CC(F)F. The first kappa shape index (κ1) is 19.5. The summed E-state index contributed by atoms with van der Waals surface area (Å²) >= 11 is 9.23. The molecule has 2 rings (SSSR count). The molecule has 25 heavy (non-hydrogen) atoms. The molecule has 1 heterocycles. The van der Waals surface area contributed by atoms with Gasteiger partial charge in [0.05, 0.1) is 11.4 Å². The second-order valence-electron chi connectivity index (χ2n) is 5.25. The molecule has 0 bridgehead atoms. The zero-order chi connectivity index (χ0) is 18.6. The third-order valence-corrected chi connectivity index (χ3v) is 4.12. The molecule has 0 radical (unpaired) electrons. The molecule has 2 aromatic rings. The van der Waals surface area contributed by atoms with Crippen LogP contribution in [0, 0.1) is 13.8 Å². The first-order valence-electron chi connectivity index (χ1n) is 7.22. The van der Waals surface area contributed by atoms with E-state index in [0.29, 0.717) is 21.7 Å². The number of benzene rings is 1. The maximum atomic E-state index is 12.8. The van der Waals surface area contributed by atoms with Gasteiger partial charge in [0.2, 0.25) is 5.90 Å². The molecule has 0 atom stereocenters. The highest BCUT2D eigenvalue weighted by molar-refractivity contribution is 9.08. The van der Waals surface area contributed by atoms with E-state index in [2.05, 4.69) is 26.0 Å². The Morgan fingerprint density at radius 3 is 2.56 bits per heavy atom. The lowest BCUT2D eigenvalue weighted by atomic mass is 10.1. The molecule has 0 aliphatic heterocycles. The molecule has 0 aliphatic rings. The van der Waals surface area contributed by atoms with Gasteiger partial charge in [0.15, 0.2) is 0 Å². The van der Waals surface area contributed by atoms with Gasteiger partial charge in [-0.05, 0) is 43.2 Å². The number of aryl methyl sites for hydroxylation is 2. The van der Waals surface area contributed by atoms with Crippen LogP contribution < -0.4 is 0 Å². The predicted octanol–water partition coefficient (Wildman–Crippen LogP) is 4.56. The van der Waals surface area contributed by atoms with Gasteiger partial charge in [-0.15, -0.1) is 0 Å². The molecular weight excluding hydrogens is 420 g/mol. The maximum absolute atomic E-state index is 12.8. The lowest BCUT2D eigenvalue weighted by molar-refractivity contribution is -0.121. The number of carbonyl (C=O) groups excluding carboxylic acids is 1. The van der Waals surface area contributed by atoms with Gasteiger partial charge in [-0.25, -0.2) is 13.8 Å². The zero-order valence-electron chi connectivity index (χ0n) is 13.5. The molecule has 1 aromatic carbocycles. The Morgan fingerprint density at radius 1 is 1.40 bits per heavy atom. The first-order chi connectivity index (χ1) is 11.8. The van der Waals surface area contributed by atoms with Crippen molar-refractivity contribution >= 4 is 45.6 Å². The van der Waals surface area contributed by atoms with E-state index in [9.17, 15) is 13.6 Å². The minimum Gasteiger partial charge on any atom is -0.407 e. The van der Waals surface area contributed by atoms with E-state index in [1.807, 2.05) is 0 Å². The van der Waals surface area contributed by atoms with E-state index < -0.39 is 13.0 Å². The third-order valence-electron chi connectivity index (χ3n) is 3.33. The van der Waals surface area contributed by atoms with E-state index in [-0.39, 0.29) is 18.1 Å². The van der Waals surface area contributed by atoms with Crippen LogP contribution in [-0.4, -0.2) is 28.6 Å². The van der Waals surface area contributed by atoms with Crippen molar-refractivity contribution in [2.75, 3.05) is 0 Å². The Hall–Kier alpha value is -1.80. The highest BCUT2D eigenvalue weighted by Gasteiger charge is 2.19. The molecule has 0 saturated carbocycles. The first-order valence-corrected chi connectivity index (χ1v) is 8.72. The number of rotatable bonds is 6. The Kier molecular flexibility index (Phi) is 6.66. The summed E-state index contributed by atoms with van der Waals surface area (Å²) in [5.74, 6) is -0.108. The second-order valence-corrected chi connectivity index (χ2v) is 6.24. The molecular formula is C16H15BrClF2N3O2. The molecule has 0 spiro atoms. The summed E-state index contributed by atoms with van der Waals surface area (Å²) in [5.41, 5.74) is 2.78. The van der Waals surface area contributed by atoms with Gasteiger partial charge in [-0.2, -0.15) is 5.10 Å².